The van der Waals surface area contributed by atoms with Gasteiger partial charge >= 0.3 is 0 Å². The number of ketones is 1. The molecule has 1 saturated heterocycles. The number of likely N-dealkylation sites (tertiary alicyclic amines) is 1. The first-order valence-corrected chi connectivity index (χ1v) is 10.5. The molecule has 1 fully saturated rings. The molecule has 2 amide bonds. The summed E-state index contributed by atoms with van der Waals surface area (Å²) >= 11 is 0. The van der Waals surface area contributed by atoms with Crippen molar-refractivity contribution in [2.75, 3.05) is 25.0 Å². The van der Waals surface area contributed by atoms with Crippen molar-refractivity contribution >= 4 is 34.2 Å². The molecular formula is C24H25N3O4. The number of rotatable bonds is 7. The molecule has 1 N–H and O–H groups in total. The van der Waals surface area contributed by atoms with E-state index in [0.717, 1.165) is 31.4 Å². The molecule has 2 aromatic carbocycles. The minimum atomic E-state index is -0.724. The van der Waals surface area contributed by atoms with Crippen molar-refractivity contribution in [1.29, 1.82) is 0 Å². The summed E-state index contributed by atoms with van der Waals surface area (Å²) in [5, 5.41) is 3.30. The van der Waals surface area contributed by atoms with Crippen LogP contribution in [-0.4, -0.2) is 46.8 Å². The highest BCUT2D eigenvalue weighted by molar-refractivity contribution is 6.48. The number of Topliss-reactive ketones (excluding diaryl/α,β-unsaturated/α-hetero) is 1. The molecule has 0 spiro atoms. The largest absolute Gasteiger partial charge is 0.494 e. The van der Waals surface area contributed by atoms with Crippen LogP contribution < -0.4 is 10.1 Å². The van der Waals surface area contributed by atoms with Gasteiger partial charge in [-0.1, -0.05) is 18.2 Å². The van der Waals surface area contributed by atoms with E-state index in [4.69, 9.17) is 4.74 Å². The molecule has 1 aliphatic rings. The second-order valence-electron chi connectivity index (χ2n) is 7.52. The van der Waals surface area contributed by atoms with Crippen molar-refractivity contribution in [1.82, 2.24) is 9.47 Å². The zero-order chi connectivity index (χ0) is 21.8. The maximum Gasteiger partial charge on any atom is 0.296 e. The van der Waals surface area contributed by atoms with Crippen LogP contribution in [0, 0.1) is 0 Å². The Kier molecular flexibility index (Phi) is 6.02. The summed E-state index contributed by atoms with van der Waals surface area (Å²) < 4.78 is 7.15. The van der Waals surface area contributed by atoms with Crippen molar-refractivity contribution in [2.45, 2.75) is 26.3 Å². The van der Waals surface area contributed by atoms with E-state index in [-0.39, 0.29) is 18.0 Å². The van der Waals surface area contributed by atoms with E-state index in [1.807, 2.05) is 30.0 Å². The minimum Gasteiger partial charge on any atom is -0.494 e. The van der Waals surface area contributed by atoms with Crippen molar-refractivity contribution in [2.24, 2.45) is 0 Å². The first kappa shape index (κ1) is 20.7. The van der Waals surface area contributed by atoms with Gasteiger partial charge in [0.25, 0.3) is 11.7 Å². The second-order valence-corrected chi connectivity index (χ2v) is 7.52. The molecule has 31 heavy (non-hydrogen) atoms. The lowest BCUT2D eigenvalue weighted by Crippen LogP contribution is -2.30. The third-order valence-corrected chi connectivity index (χ3v) is 5.43. The van der Waals surface area contributed by atoms with E-state index < -0.39 is 11.7 Å². The Hall–Kier alpha value is -3.61. The maximum atomic E-state index is 12.9. The standard InChI is InChI=1S/C24H25N3O4/c1-2-31-18-11-9-17(10-12-18)25-24(30)23(29)20-15-27(21-8-4-3-7-19(20)21)16-22(28)26-13-5-6-14-26/h3-4,7-12,15H,2,5-6,13-14,16H2,1H3,(H,25,30). The number of hydrogen-bond donors (Lipinski definition) is 1. The van der Waals surface area contributed by atoms with Crippen LogP contribution in [0.3, 0.4) is 0 Å². The number of carbonyl (C=O) groups is 3. The van der Waals surface area contributed by atoms with Gasteiger partial charge < -0.3 is 19.5 Å². The molecule has 0 atom stereocenters. The average molecular weight is 419 g/mol. The summed E-state index contributed by atoms with van der Waals surface area (Å²) in [7, 11) is 0. The molecule has 0 bridgehead atoms. The van der Waals surface area contributed by atoms with Gasteiger partial charge in [0.1, 0.15) is 12.3 Å². The molecule has 7 heteroatoms. The zero-order valence-electron chi connectivity index (χ0n) is 17.5. The Morgan fingerprint density at radius 3 is 2.42 bits per heavy atom. The highest BCUT2D eigenvalue weighted by atomic mass is 16.5. The summed E-state index contributed by atoms with van der Waals surface area (Å²) in [6.45, 7) is 4.13. The quantitative estimate of drug-likeness (QED) is 0.470. The topological polar surface area (TPSA) is 80.6 Å². The van der Waals surface area contributed by atoms with Gasteiger partial charge in [-0.05, 0) is 50.1 Å². The van der Waals surface area contributed by atoms with Gasteiger partial charge in [0.2, 0.25) is 5.91 Å². The minimum absolute atomic E-state index is 0.0242. The number of nitrogens with one attached hydrogen (secondary N) is 1. The predicted molar refractivity (Wildman–Crippen MR) is 118 cm³/mol. The lowest BCUT2D eigenvalue weighted by atomic mass is 10.1. The van der Waals surface area contributed by atoms with E-state index in [9.17, 15) is 14.4 Å². The van der Waals surface area contributed by atoms with E-state index in [0.29, 0.717) is 23.4 Å². The van der Waals surface area contributed by atoms with Crippen LogP contribution >= 0.6 is 0 Å². The number of benzene rings is 2. The van der Waals surface area contributed by atoms with E-state index >= 15 is 0 Å². The molecule has 1 aromatic heterocycles. The molecule has 160 valence electrons. The van der Waals surface area contributed by atoms with Crippen molar-refractivity contribution in [3.8, 4) is 5.75 Å². The van der Waals surface area contributed by atoms with E-state index in [2.05, 4.69) is 5.32 Å². The fourth-order valence-corrected chi connectivity index (χ4v) is 3.88. The van der Waals surface area contributed by atoms with Crippen LogP contribution in [0.15, 0.2) is 54.7 Å². The molecule has 0 unspecified atom stereocenters. The van der Waals surface area contributed by atoms with Crippen LogP contribution in [0.5, 0.6) is 5.75 Å². The lowest BCUT2D eigenvalue weighted by molar-refractivity contribution is -0.130. The smallest absolute Gasteiger partial charge is 0.296 e. The zero-order valence-corrected chi connectivity index (χ0v) is 17.5. The Labute approximate surface area is 180 Å². The first-order chi connectivity index (χ1) is 15.1. The van der Waals surface area contributed by atoms with Crippen LogP contribution in [-0.2, 0) is 16.1 Å². The third kappa shape index (κ3) is 4.45. The van der Waals surface area contributed by atoms with Crippen molar-refractivity contribution in [3.05, 3.63) is 60.3 Å². The summed E-state index contributed by atoms with van der Waals surface area (Å²) in [6, 6.07) is 14.2. The SMILES string of the molecule is CCOc1ccc(NC(=O)C(=O)c2cn(CC(=O)N3CCCC3)c3ccccc23)cc1. The number of hydrogen-bond acceptors (Lipinski definition) is 4. The van der Waals surface area contributed by atoms with Gasteiger partial charge in [0.15, 0.2) is 0 Å². The van der Waals surface area contributed by atoms with Crippen LogP contribution in [0.25, 0.3) is 10.9 Å². The van der Waals surface area contributed by atoms with Gasteiger partial charge in [0, 0.05) is 35.9 Å². The van der Waals surface area contributed by atoms with Crippen molar-refractivity contribution < 1.29 is 19.1 Å². The number of amides is 2. The molecule has 0 radical (unpaired) electrons. The van der Waals surface area contributed by atoms with Crippen LogP contribution in [0.4, 0.5) is 5.69 Å². The number of nitrogens with zero attached hydrogens (tertiary/aromatic N) is 2. The summed E-state index contributed by atoms with van der Waals surface area (Å²) in [4.78, 5) is 40.0. The lowest BCUT2D eigenvalue weighted by Gasteiger charge is -2.15. The van der Waals surface area contributed by atoms with Gasteiger partial charge in [-0.2, -0.15) is 0 Å². The Morgan fingerprint density at radius 1 is 1.00 bits per heavy atom. The Morgan fingerprint density at radius 2 is 1.71 bits per heavy atom. The molecule has 1 aliphatic heterocycles. The molecule has 7 nitrogen and oxygen atoms in total. The normalized spacial score (nSPS) is 13.4. The van der Waals surface area contributed by atoms with Gasteiger partial charge in [-0.15, -0.1) is 0 Å². The highest BCUT2D eigenvalue weighted by Gasteiger charge is 2.24. The fraction of sp³-hybridized carbons (Fsp3) is 0.292. The number of fused-ring (bicyclic) bond motifs is 1. The average Bonchev–Trinajstić information content (AvgIpc) is 3.44. The molecular weight excluding hydrogens is 394 g/mol. The van der Waals surface area contributed by atoms with Crippen LogP contribution in [0.2, 0.25) is 0 Å². The predicted octanol–water partition coefficient (Wildman–Crippen LogP) is 3.48. The first-order valence-electron chi connectivity index (χ1n) is 10.5. The third-order valence-electron chi connectivity index (χ3n) is 5.43. The molecule has 2 heterocycles. The van der Waals surface area contributed by atoms with Gasteiger partial charge in [0.05, 0.1) is 12.2 Å². The molecule has 0 aliphatic carbocycles. The second kappa shape index (κ2) is 9.04. The van der Waals surface area contributed by atoms with Gasteiger partial charge in [-0.3, -0.25) is 14.4 Å². The van der Waals surface area contributed by atoms with E-state index in [1.165, 1.54) is 0 Å². The maximum absolute atomic E-state index is 12.9. The Bertz CT molecular complexity index is 1110. The number of carbonyl (C=O) groups excluding carboxylic acids is 3. The molecule has 0 saturated carbocycles. The number of aromatic nitrogens is 1. The summed E-state index contributed by atoms with van der Waals surface area (Å²) in [5.41, 5.74) is 1.55. The highest BCUT2D eigenvalue weighted by Crippen LogP contribution is 2.23. The van der Waals surface area contributed by atoms with E-state index in [1.54, 1.807) is 41.1 Å². The van der Waals surface area contributed by atoms with Crippen molar-refractivity contribution in [3.63, 3.8) is 0 Å². The number of para-hydroxylation sites is 1. The molecule has 4 rings (SSSR count). The summed E-state index contributed by atoms with van der Waals surface area (Å²) in [5.74, 6) is -0.649. The number of anilines is 1. The Balaban J connectivity index is 1.54. The monoisotopic (exact) mass is 419 g/mol. The number of ether oxygens (including phenoxy) is 1. The van der Waals surface area contributed by atoms with Gasteiger partial charge in [-0.25, -0.2) is 0 Å². The molecule has 3 aromatic rings. The summed E-state index contributed by atoms with van der Waals surface area (Å²) in [6.07, 6.45) is 3.65. The fourth-order valence-electron chi connectivity index (χ4n) is 3.88. The van der Waals surface area contributed by atoms with Crippen LogP contribution in [0.1, 0.15) is 30.1 Å².